The third-order valence-electron chi connectivity index (χ3n) is 2.74. The number of nitrogens with zero attached hydrogens (tertiary/aromatic N) is 2. The van der Waals surface area contributed by atoms with Crippen LogP contribution in [-0.2, 0) is 0 Å². The maximum atomic E-state index is 11.3. The van der Waals surface area contributed by atoms with Crippen molar-refractivity contribution >= 4 is 22.3 Å². The van der Waals surface area contributed by atoms with Crippen LogP contribution in [0.15, 0.2) is 36.7 Å². The quantitative estimate of drug-likeness (QED) is 0.768. The van der Waals surface area contributed by atoms with Crippen molar-refractivity contribution in [2.75, 3.05) is 0 Å². The van der Waals surface area contributed by atoms with E-state index in [1.165, 1.54) is 11.3 Å². The number of rotatable bonds is 2. The molecule has 0 amide bonds. The second-order valence-corrected chi connectivity index (χ2v) is 5.01. The van der Waals surface area contributed by atoms with Crippen LogP contribution in [0.4, 0.5) is 0 Å². The zero-order valence-corrected chi connectivity index (χ0v) is 10.4. The molecule has 0 saturated heterocycles. The van der Waals surface area contributed by atoms with Crippen molar-refractivity contribution in [3.05, 3.63) is 47.1 Å². The molecule has 5 heteroatoms. The highest BCUT2D eigenvalue weighted by atomic mass is 32.1. The summed E-state index contributed by atoms with van der Waals surface area (Å²) in [6.07, 6.45) is 3.46. The number of carbonyl (C=O) groups is 1. The third-order valence-corrected chi connectivity index (χ3v) is 3.80. The smallest absolute Gasteiger partial charge is 0.348 e. The first-order chi connectivity index (χ1) is 8.66. The van der Waals surface area contributed by atoms with Crippen LogP contribution in [0.25, 0.3) is 16.2 Å². The van der Waals surface area contributed by atoms with Gasteiger partial charge in [-0.15, -0.1) is 0 Å². The van der Waals surface area contributed by atoms with E-state index in [0.717, 1.165) is 11.1 Å². The van der Waals surface area contributed by atoms with Gasteiger partial charge in [0.05, 0.1) is 5.69 Å². The van der Waals surface area contributed by atoms with E-state index in [-0.39, 0.29) is 0 Å². The number of benzene rings is 1. The van der Waals surface area contributed by atoms with E-state index in [0.29, 0.717) is 15.5 Å². The van der Waals surface area contributed by atoms with Gasteiger partial charge in [0.15, 0.2) is 4.96 Å². The van der Waals surface area contributed by atoms with Crippen molar-refractivity contribution < 1.29 is 9.90 Å². The van der Waals surface area contributed by atoms with E-state index in [2.05, 4.69) is 4.98 Å². The molecule has 0 fully saturated rings. The standard InChI is InChI=1S/C13H10N2O2S/c1-8-3-2-4-9(7-8)10-11(12(16)17)18-13-14-5-6-15(10)13/h2-7H,1H3,(H,16,17). The molecule has 0 aliphatic heterocycles. The van der Waals surface area contributed by atoms with Gasteiger partial charge in [-0.05, 0) is 13.0 Å². The zero-order valence-electron chi connectivity index (χ0n) is 9.62. The molecule has 0 spiro atoms. The molecule has 0 atom stereocenters. The fourth-order valence-electron chi connectivity index (χ4n) is 1.99. The maximum Gasteiger partial charge on any atom is 0.348 e. The van der Waals surface area contributed by atoms with Crippen LogP contribution in [-0.4, -0.2) is 20.5 Å². The van der Waals surface area contributed by atoms with Gasteiger partial charge in [0.25, 0.3) is 0 Å². The van der Waals surface area contributed by atoms with E-state index in [4.69, 9.17) is 0 Å². The molecule has 0 bridgehead atoms. The molecule has 3 rings (SSSR count). The molecule has 18 heavy (non-hydrogen) atoms. The number of aromatic carboxylic acids is 1. The number of aryl methyl sites for hydroxylation is 1. The minimum absolute atomic E-state index is 0.323. The molecular weight excluding hydrogens is 248 g/mol. The van der Waals surface area contributed by atoms with Gasteiger partial charge in [0, 0.05) is 18.0 Å². The number of hydrogen-bond acceptors (Lipinski definition) is 3. The first-order valence-electron chi connectivity index (χ1n) is 5.43. The van der Waals surface area contributed by atoms with Crippen LogP contribution in [0.1, 0.15) is 15.2 Å². The molecule has 3 aromatic rings. The molecule has 0 saturated carbocycles. The van der Waals surface area contributed by atoms with Crippen LogP contribution in [0.2, 0.25) is 0 Å². The Labute approximate surface area is 107 Å². The number of fused-ring (bicyclic) bond motifs is 1. The van der Waals surface area contributed by atoms with Gasteiger partial charge >= 0.3 is 5.97 Å². The number of carboxylic acid groups (broad SMARTS) is 1. The van der Waals surface area contributed by atoms with Gasteiger partial charge in [-0.3, -0.25) is 4.40 Å². The summed E-state index contributed by atoms with van der Waals surface area (Å²) in [5.41, 5.74) is 2.70. The Bertz CT molecular complexity index is 742. The number of hydrogen-bond donors (Lipinski definition) is 1. The zero-order chi connectivity index (χ0) is 12.7. The SMILES string of the molecule is Cc1cccc(-c2c(C(=O)O)sc3nccn23)c1. The summed E-state index contributed by atoms with van der Waals surface area (Å²) in [6.45, 7) is 1.99. The topological polar surface area (TPSA) is 54.6 Å². The van der Waals surface area contributed by atoms with Gasteiger partial charge in [-0.25, -0.2) is 9.78 Å². The summed E-state index contributed by atoms with van der Waals surface area (Å²) in [6, 6.07) is 7.81. The van der Waals surface area contributed by atoms with Gasteiger partial charge in [0.1, 0.15) is 4.88 Å². The fraction of sp³-hybridized carbons (Fsp3) is 0.0769. The lowest BCUT2D eigenvalue weighted by atomic mass is 10.1. The Hall–Kier alpha value is -2.14. The van der Waals surface area contributed by atoms with Crippen molar-refractivity contribution in [3.63, 3.8) is 0 Å². The summed E-state index contributed by atoms with van der Waals surface area (Å²) in [5.74, 6) is -0.915. The van der Waals surface area contributed by atoms with E-state index >= 15 is 0 Å². The predicted octanol–water partition coefficient (Wildman–Crippen LogP) is 3.07. The average Bonchev–Trinajstić information content (AvgIpc) is 2.87. The molecule has 1 N–H and O–H groups in total. The summed E-state index contributed by atoms with van der Waals surface area (Å²) in [7, 11) is 0. The molecule has 1 aromatic carbocycles. The minimum atomic E-state index is -0.915. The molecule has 2 aromatic heterocycles. The van der Waals surface area contributed by atoms with Crippen molar-refractivity contribution in [1.29, 1.82) is 0 Å². The monoisotopic (exact) mass is 258 g/mol. The minimum Gasteiger partial charge on any atom is -0.477 e. The largest absolute Gasteiger partial charge is 0.477 e. The molecule has 0 aliphatic rings. The van der Waals surface area contributed by atoms with Crippen molar-refractivity contribution in [3.8, 4) is 11.3 Å². The molecule has 0 radical (unpaired) electrons. The normalized spacial score (nSPS) is 10.9. The highest BCUT2D eigenvalue weighted by Crippen LogP contribution is 2.31. The Kier molecular flexibility index (Phi) is 2.41. The Morgan fingerprint density at radius 3 is 3.00 bits per heavy atom. The van der Waals surface area contributed by atoms with Crippen LogP contribution in [0.3, 0.4) is 0 Å². The summed E-state index contributed by atoms with van der Waals surface area (Å²) >= 11 is 1.19. The van der Waals surface area contributed by atoms with Crippen LogP contribution in [0, 0.1) is 6.92 Å². The van der Waals surface area contributed by atoms with E-state index in [9.17, 15) is 9.90 Å². The first kappa shape index (κ1) is 11.0. The molecule has 90 valence electrons. The lowest BCUT2D eigenvalue weighted by Crippen LogP contribution is -1.97. The first-order valence-corrected chi connectivity index (χ1v) is 6.24. The third kappa shape index (κ3) is 1.60. The molecule has 4 nitrogen and oxygen atoms in total. The second kappa shape index (κ2) is 3.96. The van der Waals surface area contributed by atoms with Crippen LogP contribution < -0.4 is 0 Å². The number of imidazole rings is 1. The maximum absolute atomic E-state index is 11.3. The predicted molar refractivity (Wildman–Crippen MR) is 70.2 cm³/mol. The summed E-state index contributed by atoms with van der Waals surface area (Å²) < 4.78 is 1.82. The van der Waals surface area contributed by atoms with Gasteiger partial charge in [0.2, 0.25) is 0 Å². The van der Waals surface area contributed by atoms with E-state index < -0.39 is 5.97 Å². The van der Waals surface area contributed by atoms with Crippen molar-refractivity contribution in [2.45, 2.75) is 6.92 Å². The van der Waals surface area contributed by atoms with Gasteiger partial charge in [-0.1, -0.05) is 35.1 Å². The van der Waals surface area contributed by atoms with Crippen LogP contribution in [0.5, 0.6) is 0 Å². The Morgan fingerprint density at radius 2 is 2.28 bits per heavy atom. The number of carboxylic acids is 1. The van der Waals surface area contributed by atoms with E-state index in [1.807, 2.05) is 35.6 Å². The second-order valence-electron chi connectivity index (χ2n) is 4.03. The fourth-order valence-corrected chi connectivity index (χ4v) is 2.94. The Balaban J connectivity index is 2.35. The number of thiazole rings is 1. The lowest BCUT2D eigenvalue weighted by molar-refractivity contribution is 0.0702. The Morgan fingerprint density at radius 1 is 1.44 bits per heavy atom. The molecular formula is C13H10N2O2S. The number of aromatic nitrogens is 2. The van der Waals surface area contributed by atoms with E-state index in [1.54, 1.807) is 12.4 Å². The van der Waals surface area contributed by atoms with Gasteiger partial charge in [-0.2, -0.15) is 0 Å². The van der Waals surface area contributed by atoms with Crippen molar-refractivity contribution in [1.82, 2.24) is 9.38 Å². The lowest BCUT2D eigenvalue weighted by Gasteiger charge is -2.03. The van der Waals surface area contributed by atoms with Crippen LogP contribution >= 0.6 is 11.3 Å². The highest BCUT2D eigenvalue weighted by molar-refractivity contribution is 7.19. The van der Waals surface area contributed by atoms with Crippen molar-refractivity contribution in [2.24, 2.45) is 0 Å². The summed E-state index contributed by atoms with van der Waals surface area (Å²) in [4.78, 5) is 16.5. The molecule has 0 aliphatic carbocycles. The average molecular weight is 258 g/mol. The summed E-state index contributed by atoms with van der Waals surface area (Å²) in [5, 5.41) is 9.28. The molecule has 0 unspecified atom stereocenters. The highest BCUT2D eigenvalue weighted by Gasteiger charge is 2.19. The molecule has 2 heterocycles. The van der Waals surface area contributed by atoms with Gasteiger partial charge < -0.3 is 5.11 Å².